The topological polar surface area (TPSA) is 52.0 Å². The average molecular weight is 180 g/mol. The van der Waals surface area contributed by atoms with E-state index in [1.165, 1.54) is 19.3 Å². The molecule has 1 aliphatic rings. The molecule has 2 rings (SSSR count). The molecule has 2 N–H and O–H groups in total. The van der Waals surface area contributed by atoms with Crippen LogP contribution in [0.3, 0.4) is 0 Å². The van der Waals surface area contributed by atoms with E-state index < -0.39 is 0 Å². The molecule has 1 fully saturated rings. The molecule has 1 aromatic rings. The summed E-state index contributed by atoms with van der Waals surface area (Å²) in [6.45, 7) is 4.60. The molecule has 0 spiro atoms. The molecule has 0 aliphatic heterocycles. The second kappa shape index (κ2) is 2.76. The highest BCUT2D eigenvalue weighted by Gasteiger charge is 2.33. The lowest BCUT2D eigenvalue weighted by molar-refractivity contribution is 0.366. The molecule has 1 saturated carbocycles. The van der Waals surface area contributed by atoms with Crippen molar-refractivity contribution in [3.63, 3.8) is 0 Å². The van der Waals surface area contributed by atoms with Gasteiger partial charge in [0.1, 0.15) is 5.76 Å². The van der Waals surface area contributed by atoms with Gasteiger partial charge in [-0.1, -0.05) is 13.8 Å². The highest BCUT2D eigenvalue weighted by molar-refractivity contribution is 5.15. The lowest BCUT2D eigenvalue weighted by Crippen LogP contribution is -2.04. The number of hydrogen-bond donors (Lipinski definition) is 1. The van der Waals surface area contributed by atoms with Crippen LogP contribution >= 0.6 is 0 Å². The first-order chi connectivity index (χ1) is 6.07. The van der Waals surface area contributed by atoms with Gasteiger partial charge in [-0.25, -0.2) is 4.98 Å². The third-order valence-corrected chi connectivity index (χ3v) is 2.91. The van der Waals surface area contributed by atoms with E-state index >= 15 is 0 Å². The Balaban J connectivity index is 2.12. The molecule has 3 heteroatoms. The van der Waals surface area contributed by atoms with Gasteiger partial charge in [0.25, 0.3) is 6.01 Å². The van der Waals surface area contributed by atoms with E-state index in [1.807, 2.05) is 0 Å². The highest BCUT2D eigenvalue weighted by atomic mass is 16.4. The fraction of sp³-hybridized carbons (Fsp3) is 0.700. The molecule has 0 aromatic carbocycles. The summed E-state index contributed by atoms with van der Waals surface area (Å²) in [5, 5.41) is 0. The SMILES string of the molecule is CC1(C)CCC(c2cnc(N)o2)C1. The van der Waals surface area contributed by atoms with E-state index in [-0.39, 0.29) is 0 Å². The lowest BCUT2D eigenvalue weighted by Gasteiger charge is -2.15. The zero-order valence-electron chi connectivity index (χ0n) is 8.21. The van der Waals surface area contributed by atoms with E-state index in [9.17, 15) is 0 Å². The first-order valence-electron chi connectivity index (χ1n) is 4.78. The molecule has 0 radical (unpaired) electrons. The van der Waals surface area contributed by atoms with E-state index in [0.29, 0.717) is 17.3 Å². The minimum Gasteiger partial charge on any atom is -0.429 e. The Hall–Kier alpha value is -0.990. The third-order valence-electron chi connectivity index (χ3n) is 2.91. The number of oxazole rings is 1. The second-order valence-corrected chi connectivity index (χ2v) is 4.70. The van der Waals surface area contributed by atoms with Gasteiger partial charge in [0.2, 0.25) is 0 Å². The van der Waals surface area contributed by atoms with Crippen LogP contribution in [0.1, 0.15) is 44.8 Å². The van der Waals surface area contributed by atoms with Crippen LogP contribution in [-0.4, -0.2) is 4.98 Å². The maximum absolute atomic E-state index is 5.44. The van der Waals surface area contributed by atoms with Gasteiger partial charge in [-0.05, 0) is 24.7 Å². The molecule has 0 amide bonds. The largest absolute Gasteiger partial charge is 0.429 e. The zero-order valence-corrected chi connectivity index (χ0v) is 8.21. The van der Waals surface area contributed by atoms with E-state index in [2.05, 4.69) is 18.8 Å². The fourth-order valence-corrected chi connectivity index (χ4v) is 2.17. The van der Waals surface area contributed by atoms with Crippen LogP contribution in [0.2, 0.25) is 0 Å². The van der Waals surface area contributed by atoms with Crippen LogP contribution < -0.4 is 5.73 Å². The summed E-state index contributed by atoms with van der Waals surface area (Å²) in [6, 6.07) is 0.291. The number of nitrogens with two attached hydrogens (primary N) is 1. The molecule has 1 unspecified atom stereocenters. The van der Waals surface area contributed by atoms with Crippen molar-refractivity contribution in [3.8, 4) is 0 Å². The van der Waals surface area contributed by atoms with Crippen LogP contribution in [0.25, 0.3) is 0 Å². The van der Waals surface area contributed by atoms with Crippen molar-refractivity contribution in [2.24, 2.45) is 5.41 Å². The molecular weight excluding hydrogens is 164 g/mol. The van der Waals surface area contributed by atoms with Gasteiger partial charge in [0.05, 0.1) is 6.20 Å². The number of hydrogen-bond acceptors (Lipinski definition) is 3. The van der Waals surface area contributed by atoms with Crippen LogP contribution in [0.5, 0.6) is 0 Å². The maximum Gasteiger partial charge on any atom is 0.292 e. The standard InChI is InChI=1S/C10H16N2O/c1-10(2)4-3-7(5-10)8-6-12-9(11)13-8/h6-7H,3-5H2,1-2H3,(H2,11,12). The van der Waals surface area contributed by atoms with Crippen LogP contribution in [0.4, 0.5) is 6.01 Å². The van der Waals surface area contributed by atoms with Crippen molar-refractivity contribution in [3.05, 3.63) is 12.0 Å². The van der Waals surface area contributed by atoms with Crippen LogP contribution in [-0.2, 0) is 0 Å². The predicted molar refractivity (Wildman–Crippen MR) is 51.3 cm³/mol. The van der Waals surface area contributed by atoms with E-state index in [4.69, 9.17) is 10.2 Å². The Kier molecular flexibility index (Phi) is 1.82. The lowest BCUT2D eigenvalue weighted by atomic mass is 9.90. The fourth-order valence-electron chi connectivity index (χ4n) is 2.17. The minimum absolute atomic E-state index is 0.291. The van der Waals surface area contributed by atoms with Crippen molar-refractivity contribution in [2.75, 3.05) is 5.73 Å². The molecule has 0 saturated heterocycles. The first kappa shape index (κ1) is 8.60. The van der Waals surface area contributed by atoms with Crippen molar-refractivity contribution < 1.29 is 4.42 Å². The summed E-state index contributed by atoms with van der Waals surface area (Å²) < 4.78 is 5.33. The highest BCUT2D eigenvalue weighted by Crippen LogP contribution is 2.46. The minimum atomic E-state index is 0.291. The van der Waals surface area contributed by atoms with Crippen molar-refractivity contribution in [1.29, 1.82) is 0 Å². The summed E-state index contributed by atoms with van der Waals surface area (Å²) in [4.78, 5) is 3.92. The summed E-state index contributed by atoms with van der Waals surface area (Å²) in [5.41, 5.74) is 5.89. The number of nitrogen functional groups attached to an aromatic ring is 1. The average Bonchev–Trinajstić information content (AvgIpc) is 2.56. The number of nitrogens with zero attached hydrogens (tertiary/aromatic N) is 1. The van der Waals surface area contributed by atoms with Gasteiger partial charge >= 0.3 is 0 Å². The predicted octanol–water partition coefficient (Wildman–Crippen LogP) is 2.55. The van der Waals surface area contributed by atoms with Gasteiger partial charge in [-0.2, -0.15) is 0 Å². The van der Waals surface area contributed by atoms with Gasteiger partial charge in [0, 0.05) is 5.92 Å². The van der Waals surface area contributed by atoms with Gasteiger partial charge in [-0.15, -0.1) is 0 Å². The van der Waals surface area contributed by atoms with E-state index in [1.54, 1.807) is 6.20 Å². The van der Waals surface area contributed by atoms with Crippen LogP contribution in [0, 0.1) is 5.41 Å². The molecule has 1 atom stereocenters. The Bertz CT molecular complexity index is 304. The number of anilines is 1. The Morgan fingerprint density at radius 3 is 2.85 bits per heavy atom. The zero-order chi connectivity index (χ0) is 9.47. The molecule has 72 valence electrons. The Morgan fingerprint density at radius 1 is 1.62 bits per heavy atom. The van der Waals surface area contributed by atoms with Gasteiger partial charge in [-0.3, -0.25) is 0 Å². The van der Waals surface area contributed by atoms with Crippen molar-refractivity contribution >= 4 is 6.01 Å². The molecule has 1 aliphatic carbocycles. The Morgan fingerprint density at radius 2 is 2.38 bits per heavy atom. The first-order valence-corrected chi connectivity index (χ1v) is 4.78. The van der Waals surface area contributed by atoms with E-state index in [0.717, 1.165) is 5.76 Å². The summed E-state index contributed by atoms with van der Waals surface area (Å²) >= 11 is 0. The van der Waals surface area contributed by atoms with Gasteiger partial charge in [0.15, 0.2) is 0 Å². The van der Waals surface area contributed by atoms with Gasteiger partial charge < -0.3 is 10.2 Å². The molecule has 1 heterocycles. The molecule has 13 heavy (non-hydrogen) atoms. The maximum atomic E-state index is 5.44. The number of rotatable bonds is 1. The monoisotopic (exact) mass is 180 g/mol. The smallest absolute Gasteiger partial charge is 0.292 e. The Labute approximate surface area is 78.3 Å². The normalized spacial score (nSPS) is 26.5. The summed E-state index contributed by atoms with van der Waals surface area (Å²) in [6.07, 6.45) is 5.41. The molecular formula is C10H16N2O. The van der Waals surface area contributed by atoms with Crippen molar-refractivity contribution in [1.82, 2.24) is 4.98 Å². The molecule has 0 bridgehead atoms. The van der Waals surface area contributed by atoms with Crippen molar-refractivity contribution in [2.45, 2.75) is 39.0 Å². The molecule has 1 aromatic heterocycles. The third kappa shape index (κ3) is 1.69. The summed E-state index contributed by atoms with van der Waals surface area (Å²) in [5.74, 6) is 1.49. The summed E-state index contributed by atoms with van der Waals surface area (Å²) in [7, 11) is 0. The number of aromatic nitrogens is 1. The molecule has 3 nitrogen and oxygen atoms in total. The second-order valence-electron chi connectivity index (χ2n) is 4.70. The van der Waals surface area contributed by atoms with Crippen LogP contribution in [0.15, 0.2) is 10.6 Å². The quantitative estimate of drug-likeness (QED) is 0.722.